The quantitative estimate of drug-likeness (QED) is 0.814. The maximum atomic E-state index is 12.9. The maximum absolute atomic E-state index is 12.9. The fourth-order valence-electron chi connectivity index (χ4n) is 2.74. The van der Waals surface area contributed by atoms with E-state index in [1.165, 1.54) is 24.3 Å². The molecule has 2 aromatic carbocycles. The molecule has 3 rings (SSSR count). The molecule has 2 N–H and O–H groups in total. The van der Waals surface area contributed by atoms with Gasteiger partial charge in [0.1, 0.15) is 5.82 Å². The van der Waals surface area contributed by atoms with Gasteiger partial charge >= 0.3 is 0 Å². The first-order valence-electron chi connectivity index (χ1n) is 8.30. The molecule has 1 aliphatic rings. The Balaban J connectivity index is 1.56. The fourth-order valence-corrected chi connectivity index (χ4v) is 2.95. The highest BCUT2D eigenvalue weighted by atomic mass is 32.1. The molecule has 0 atom stereocenters. The van der Waals surface area contributed by atoms with Crippen LogP contribution in [0, 0.1) is 5.82 Å². The largest absolute Gasteiger partial charge is 0.339 e. The first kappa shape index (κ1) is 18.0. The number of benzene rings is 2. The second-order valence-corrected chi connectivity index (χ2v) is 6.40. The van der Waals surface area contributed by atoms with Gasteiger partial charge in [0.25, 0.3) is 11.8 Å². The van der Waals surface area contributed by atoms with Gasteiger partial charge in [-0.1, -0.05) is 0 Å². The predicted molar refractivity (Wildman–Crippen MR) is 102 cm³/mol. The summed E-state index contributed by atoms with van der Waals surface area (Å²) in [6, 6.07) is 12.1. The third-order valence-corrected chi connectivity index (χ3v) is 4.32. The van der Waals surface area contributed by atoms with Crippen molar-refractivity contribution < 1.29 is 14.0 Å². The molecule has 1 heterocycles. The molecule has 5 nitrogen and oxygen atoms in total. The lowest BCUT2D eigenvalue weighted by atomic mass is 10.2. The summed E-state index contributed by atoms with van der Waals surface area (Å²) >= 11 is 5.12. The number of thiocarbonyl (C=S) groups is 1. The van der Waals surface area contributed by atoms with Crippen molar-refractivity contribution in [1.29, 1.82) is 0 Å². The second-order valence-electron chi connectivity index (χ2n) is 5.99. The zero-order valence-electron chi connectivity index (χ0n) is 14.0. The smallest absolute Gasteiger partial charge is 0.257 e. The number of hydrogen-bond acceptors (Lipinski definition) is 3. The van der Waals surface area contributed by atoms with Crippen LogP contribution in [0.3, 0.4) is 0 Å². The SMILES string of the molecule is O=C(NC(=S)Nc1ccc(C(=O)N2CCCC2)cc1)c1ccc(F)cc1. The van der Waals surface area contributed by atoms with E-state index in [0.29, 0.717) is 16.8 Å². The molecule has 0 spiro atoms. The zero-order chi connectivity index (χ0) is 18.5. The van der Waals surface area contributed by atoms with E-state index in [1.807, 2.05) is 4.90 Å². The molecule has 2 amide bonds. The summed E-state index contributed by atoms with van der Waals surface area (Å²) in [6.07, 6.45) is 2.10. The van der Waals surface area contributed by atoms with Crippen LogP contribution in [-0.2, 0) is 0 Å². The van der Waals surface area contributed by atoms with E-state index < -0.39 is 11.7 Å². The van der Waals surface area contributed by atoms with Crippen molar-refractivity contribution in [2.75, 3.05) is 18.4 Å². The highest BCUT2D eigenvalue weighted by Gasteiger charge is 2.19. The average molecular weight is 371 g/mol. The second kappa shape index (κ2) is 8.05. The molecule has 7 heteroatoms. The van der Waals surface area contributed by atoms with Crippen molar-refractivity contribution in [3.8, 4) is 0 Å². The van der Waals surface area contributed by atoms with Gasteiger partial charge in [0, 0.05) is 29.9 Å². The molecule has 2 aromatic rings. The highest BCUT2D eigenvalue weighted by molar-refractivity contribution is 7.80. The van der Waals surface area contributed by atoms with Crippen molar-refractivity contribution >= 4 is 34.8 Å². The Morgan fingerprint density at radius 2 is 1.50 bits per heavy atom. The molecule has 1 saturated heterocycles. The minimum absolute atomic E-state index is 0.0289. The molecule has 0 saturated carbocycles. The lowest BCUT2D eigenvalue weighted by Crippen LogP contribution is -2.34. The third-order valence-electron chi connectivity index (χ3n) is 4.12. The molecule has 0 aliphatic carbocycles. The molecule has 1 aliphatic heterocycles. The van der Waals surface area contributed by atoms with Crippen LogP contribution in [0.2, 0.25) is 0 Å². The van der Waals surface area contributed by atoms with Crippen molar-refractivity contribution in [3.63, 3.8) is 0 Å². The Labute approximate surface area is 156 Å². The number of carbonyl (C=O) groups is 2. The van der Waals surface area contributed by atoms with E-state index in [0.717, 1.165) is 25.9 Å². The molecule has 0 bridgehead atoms. The summed E-state index contributed by atoms with van der Waals surface area (Å²) in [4.78, 5) is 26.2. The van der Waals surface area contributed by atoms with Crippen LogP contribution in [0.25, 0.3) is 0 Å². The van der Waals surface area contributed by atoms with E-state index in [9.17, 15) is 14.0 Å². The number of nitrogens with zero attached hydrogens (tertiary/aromatic N) is 1. The number of nitrogens with one attached hydrogen (secondary N) is 2. The summed E-state index contributed by atoms with van der Waals surface area (Å²) < 4.78 is 12.9. The van der Waals surface area contributed by atoms with Crippen molar-refractivity contribution in [2.24, 2.45) is 0 Å². The van der Waals surface area contributed by atoms with Crippen LogP contribution in [0.1, 0.15) is 33.6 Å². The summed E-state index contributed by atoms with van der Waals surface area (Å²) in [7, 11) is 0. The molecule has 1 fully saturated rings. The van der Waals surface area contributed by atoms with Crippen molar-refractivity contribution in [1.82, 2.24) is 10.2 Å². The lowest BCUT2D eigenvalue weighted by Gasteiger charge is -2.15. The third kappa shape index (κ3) is 4.43. The van der Waals surface area contributed by atoms with E-state index >= 15 is 0 Å². The molecule has 0 unspecified atom stereocenters. The summed E-state index contributed by atoms with van der Waals surface area (Å²) in [5.74, 6) is -0.810. The standard InChI is InChI=1S/C19H18FN3O2S/c20-15-7-3-13(4-8-15)17(24)22-19(26)21-16-9-5-14(6-10-16)18(25)23-11-1-2-12-23/h3-10H,1-2,11-12H2,(H2,21,22,24,26). The van der Waals surface area contributed by atoms with E-state index in [4.69, 9.17) is 12.2 Å². The van der Waals surface area contributed by atoms with Gasteiger partial charge in [0.15, 0.2) is 5.11 Å². The minimum atomic E-state index is -0.427. The first-order chi connectivity index (χ1) is 12.5. The van der Waals surface area contributed by atoms with Crippen LogP contribution < -0.4 is 10.6 Å². The lowest BCUT2D eigenvalue weighted by molar-refractivity contribution is 0.0792. The topological polar surface area (TPSA) is 61.4 Å². The van der Waals surface area contributed by atoms with Gasteiger partial charge in [-0.15, -0.1) is 0 Å². The van der Waals surface area contributed by atoms with E-state index in [2.05, 4.69) is 10.6 Å². The Bertz CT molecular complexity index is 816. The van der Waals surface area contributed by atoms with Crippen molar-refractivity contribution in [2.45, 2.75) is 12.8 Å². The van der Waals surface area contributed by atoms with Crippen molar-refractivity contribution in [3.05, 3.63) is 65.5 Å². The van der Waals surface area contributed by atoms with Crippen LogP contribution in [0.15, 0.2) is 48.5 Å². The first-order valence-corrected chi connectivity index (χ1v) is 8.71. The molecule has 0 radical (unpaired) electrons. The number of hydrogen-bond donors (Lipinski definition) is 2. The van der Waals surface area contributed by atoms with Gasteiger partial charge in [-0.25, -0.2) is 4.39 Å². The van der Waals surface area contributed by atoms with Gasteiger partial charge < -0.3 is 10.2 Å². The molecule has 134 valence electrons. The monoisotopic (exact) mass is 371 g/mol. The average Bonchev–Trinajstić information content (AvgIpc) is 3.17. The molecular weight excluding hydrogens is 353 g/mol. The summed E-state index contributed by atoms with van der Waals surface area (Å²) in [5.41, 5.74) is 1.59. The highest BCUT2D eigenvalue weighted by Crippen LogP contribution is 2.15. The number of likely N-dealkylation sites (tertiary alicyclic amines) is 1. The minimum Gasteiger partial charge on any atom is -0.339 e. The Hall–Kier alpha value is -2.80. The van der Waals surface area contributed by atoms with Crippen LogP contribution >= 0.6 is 12.2 Å². The van der Waals surface area contributed by atoms with E-state index in [-0.39, 0.29) is 11.0 Å². The van der Waals surface area contributed by atoms with Gasteiger partial charge in [-0.2, -0.15) is 0 Å². The van der Waals surface area contributed by atoms with Gasteiger partial charge in [-0.05, 0) is 73.6 Å². The number of rotatable bonds is 3. The summed E-state index contributed by atoms with van der Waals surface area (Å²) in [6.45, 7) is 1.61. The maximum Gasteiger partial charge on any atom is 0.257 e. The zero-order valence-corrected chi connectivity index (χ0v) is 14.8. The van der Waals surface area contributed by atoms with Crippen LogP contribution in [-0.4, -0.2) is 34.9 Å². The molecule has 0 aromatic heterocycles. The number of carbonyl (C=O) groups excluding carboxylic acids is 2. The molecular formula is C19H18FN3O2S. The number of halogens is 1. The van der Waals surface area contributed by atoms with Gasteiger partial charge in [-0.3, -0.25) is 14.9 Å². The number of anilines is 1. The summed E-state index contributed by atoms with van der Waals surface area (Å²) in [5, 5.41) is 5.54. The fraction of sp³-hybridized carbons (Fsp3) is 0.211. The van der Waals surface area contributed by atoms with Gasteiger partial charge in [0.05, 0.1) is 0 Å². The number of amides is 2. The van der Waals surface area contributed by atoms with Gasteiger partial charge in [0.2, 0.25) is 0 Å². The Morgan fingerprint density at radius 3 is 2.12 bits per heavy atom. The predicted octanol–water partition coefficient (Wildman–Crippen LogP) is 3.19. The normalized spacial score (nSPS) is 13.3. The van der Waals surface area contributed by atoms with Crippen LogP contribution in [0.4, 0.5) is 10.1 Å². The Morgan fingerprint density at radius 1 is 0.923 bits per heavy atom. The Kier molecular flexibility index (Phi) is 5.58. The van der Waals surface area contributed by atoms with E-state index in [1.54, 1.807) is 24.3 Å². The molecule has 26 heavy (non-hydrogen) atoms. The van der Waals surface area contributed by atoms with Crippen LogP contribution in [0.5, 0.6) is 0 Å².